The molecule has 176 valence electrons. The molecule has 1 aliphatic heterocycles. The maximum Gasteiger partial charge on any atom is 0.323 e. The fourth-order valence-corrected chi connectivity index (χ4v) is 7.01. The van der Waals surface area contributed by atoms with Gasteiger partial charge in [0.2, 0.25) is 0 Å². The molecule has 2 aromatic carbocycles. The van der Waals surface area contributed by atoms with Gasteiger partial charge < -0.3 is 4.74 Å². The predicted octanol–water partition coefficient (Wildman–Crippen LogP) is 6.37. The summed E-state index contributed by atoms with van der Waals surface area (Å²) in [5.74, 6) is 1.44. The van der Waals surface area contributed by atoms with Crippen LogP contribution < -0.4 is 0 Å². The molecule has 2 bridgehead atoms. The second-order valence-electron chi connectivity index (χ2n) is 11.4. The SMILES string of the molecule is C[C@@H]1CC[C@H](C(C)(C)c2ccccc2)[C@H](OC(=O)[C@@H]2[C@H]3CC[C@H](C3)N2Cc2ccccc2)C1. The van der Waals surface area contributed by atoms with E-state index in [0.29, 0.717) is 23.8 Å². The van der Waals surface area contributed by atoms with Crippen molar-refractivity contribution in [1.82, 2.24) is 4.90 Å². The first-order chi connectivity index (χ1) is 15.9. The van der Waals surface area contributed by atoms with Crippen molar-refractivity contribution >= 4 is 5.97 Å². The summed E-state index contributed by atoms with van der Waals surface area (Å²) in [6, 6.07) is 21.8. The third-order valence-electron chi connectivity index (χ3n) is 8.93. The predicted molar refractivity (Wildman–Crippen MR) is 133 cm³/mol. The smallest absolute Gasteiger partial charge is 0.323 e. The number of likely N-dealkylation sites (tertiary alicyclic amines) is 1. The van der Waals surface area contributed by atoms with Gasteiger partial charge in [0.25, 0.3) is 0 Å². The molecule has 2 saturated carbocycles. The summed E-state index contributed by atoms with van der Waals surface area (Å²) in [6.45, 7) is 7.83. The van der Waals surface area contributed by atoms with Gasteiger partial charge in [-0.05, 0) is 60.5 Å². The number of ether oxygens (including phenoxy) is 1. The molecule has 3 fully saturated rings. The molecule has 0 radical (unpaired) electrons. The van der Waals surface area contributed by atoms with E-state index in [-0.39, 0.29) is 23.5 Å². The largest absolute Gasteiger partial charge is 0.461 e. The molecule has 0 N–H and O–H groups in total. The summed E-state index contributed by atoms with van der Waals surface area (Å²) in [7, 11) is 0. The Labute approximate surface area is 199 Å². The number of piperidine rings is 1. The van der Waals surface area contributed by atoms with E-state index in [4.69, 9.17) is 4.74 Å². The van der Waals surface area contributed by atoms with Crippen molar-refractivity contribution < 1.29 is 9.53 Å². The van der Waals surface area contributed by atoms with E-state index in [1.54, 1.807) is 0 Å². The van der Waals surface area contributed by atoms with Crippen LogP contribution in [0, 0.1) is 17.8 Å². The summed E-state index contributed by atoms with van der Waals surface area (Å²) in [5, 5.41) is 0. The molecule has 2 aliphatic carbocycles. The van der Waals surface area contributed by atoms with Crippen LogP contribution in [0.5, 0.6) is 0 Å². The zero-order valence-electron chi connectivity index (χ0n) is 20.5. The van der Waals surface area contributed by atoms with E-state index >= 15 is 0 Å². The van der Waals surface area contributed by atoms with Crippen LogP contribution in [0.15, 0.2) is 60.7 Å². The molecular formula is C30H39NO2. The number of hydrogen-bond acceptors (Lipinski definition) is 3. The van der Waals surface area contributed by atoms with Crippen molar-refractivity contribution in [2.75, 3.05) is 0 Å². The number of carbonyl (C=O) groups is 1. The molecule has 6 atom stereocenters. The first-order valence-corrected chi connectivity index (χ1v) is 13.0. The Balaban J connectivity index is 1.35. The first kappa shape index (κ1) is 22.7. The van der Waals surface area contributed by atoms with Crippen molar-refractivity contribution in [2.45, 2.75) is 89.4 Å². The van der Waals surface area contributed by atoms with Gasteiger partial charge in [-0.1, -0.05) is 87.9 Å². The Kier molecular flexibility index (Phi) is 6.35. The first-order valence-electron chi connectivity index (χ1n) is 13.0. The number of rotatable bonds is 6. The van der Waals surface area contributed by atoms with Crippen LogP contribution in [-0.2, 0) is 21.5 Å². The number of carbonyl (C=O) groups excluding carboxylic acids is 1. The Morgan fingerprint density at radius 1 is 0.939 bits per heavy atom. The van der Waals surface area contributed by atoms with Crippen LogP contribution in [0.25, 0.3) is 0 Å². The van der Waals surface area contributed by atoms with Crippen LogP contribution in [0.3, 0.4) is 0 Å². The Hall–Kier alpha value is -2.13. The van der Waals surface area contributed by atoms with Gasteiger partial charge in [0.15, 0.2) is 0 Å². The number of esters is 1. The monoisotopic (exact) mass is 445 g/mol. The van der Waals surface area contributed by atoms with Gasteiger partial charge in [-0.2, -0.15) is 0 Å². The van der Waals surface area contributed by atoms with Crippen molar-refractivity contribution in [3.63, 3.8) is 0 Å². The summed E-state index contributed by atoms with van der Waals surface area (Å²) in [4.78, 5) is 16.2. The number of nitrogens with zero attached hydrogens (tertiary/aromatic N) is 1. The van der Waals surface area contributed by atoms with E-state index in [1.807, 2.05) is 0 Å². The number of benzene rings is 2. The Morgan fingerprint density at radius 3 is 2.36 bits per heavy atom. The van der Waals surface area contributed by atoms with Gasteiger partial charge in [0.05, 0.1) is 0 Å². The number of fused-ring (bicyclic) bond motifs is 2. The molecule has 0 unspecified atom stereocenters. The standard InChI is InChI=1S/C30H39NO2/c1-21-14-17-26(30(2,3)24-12-8-5-9-13-24)27(18-21)33-29(32)28-23-15-16-25(19-23)31(28)20-22-10-6-4-7-11-22/h4-13,21,23,25-28H,14-20H2,1-3H3/t21-,23+,25-,26+,27-,28+/m1/s1. The van der Waals surface area contributed by atoms with Gasteiger partial charge in [-0.3, -0.25) is 9.69 Å². The van der Waals surface area contributed by atoms with E-state index in [0.717, 1.165) is 32.2 Å². The third kappa shape index (κ3) is 4.49. The van der Waals surface area contributed by atoms with Crippen molar-refractivity contribution in [2.24, 2.45) is 17.8 Å². The normalized spacial score (nSPS) is 32.1. The highest BCUT2D eigenvalue weighted by molar-refractivity contribution is 5.77. The molecule has 0 aromatic heterocycles. The quantitative estimate of drug-likeness (QED) is 0.484. The van der Waals surface area contributed by atoms with E-state index in [2.05, 4.69) is 86.3 Å². The second-order valence-corrected chi connectivity index (χ2v) is 11.4. The van der Waals surface area contributed by atoms with Gasteiger partial charge in [-0.25, -0.2) is 0 Å². The molecule has 0 amide bonds. The zero-order valence-corrected chi connectivity index (χ0v) is 20.5. The van der Waals surface area contributed by atoms with Gasteiger partial charge >= 0.3 is 5.97 Å². The maximum atomic E-state index is 13.8. The highest BCUT2D eigenvalue weighted by atomic mass is 16.5. The van der Waals surface area contributed by atoms with Crippen LogP contribution in [0.1, 0.15) is 70.4 Å². The van der Waals surface area contributed by atoms with E-state index in [1.165, 1.54) is 24.0 Å². The molecule has 5 rings (SSSR count). The third-order valence-corrected chi connectivity index (χ3v) is 8.93. The summed E-state index contributed by atoms with van der Waals surface area (Å²) in [5.41, 5.74) is 2.61. The molecule has 33 heavy (non-hydrogen) atoms. The molecule has 1 heterocycles. The zero-order chi connectivity index (χ0) is 23.0. The van der Waals surface area contributed by atoms with E-state index in [9.17, 15) is 4.79 Å². The fraction of sp³-hybridized carbons (Fsp3) is 0.567. The van der Waals surface area contributed by atoms with Crippen LogP contribution in [-0.4, -0.2) is 29.1 Å². The minimum absolute atomic E-state index is 0.00541. The highest BCUT2D eigenvalue weighted by Crippen LogP contribution is 2.46. The highest BCUT2D eigenvalue weighted by Gasteiger charge is 2.51. The van der Waals surface area contributed by atoms with Crippen molar-refractivity contribution in [1.29, 1.82) is 0 Å². The minimum atomic E-state index is -0.0818. The Morgan fingerprint density at radius 2 is 1.64 bits per heavy atom. The lowest BCUT2D eigenvalue weighted by atomic mass is 9.64. The molecule has 2 aromatic rings. The molecule has 1 saturated heterocycles. The summed E-state index contributed by atoms with van der Waals surface area (Å²) < 4.78 is 6.51. The van der Waals surface area contributed by atoms with Crippen LogP contribution >= 0.6 is 0 Å². The van der Waals surface area contributed by atoms with Gasteiger partial charge in [0, 0.05) is 18.5 Å². The second kappa shape index (κ2) is 9.25. The lowest BCUT2D eigenvalue weighted by Crippen LogP contribution is -2.49. The molecule has 3 aliphatic rings. The topological polar surface area (TPSA) is 29.5 Å². The summed E-state index contributed by atoms with van der Waals surface area (Å²) >= 11 is 0. The minimum Gasteiger partial charge on any atom is -0.461 e. The Bertz CT molecular complexity index is 940. The average molecular weight is 446 g/mol. The fourth-order valence-electron chi connectivity index (χ4n) is 7.01. The lowest BCUT2D eigenvalue weighted by Gasteiger charge is -2.45. The summed E-state index contributed by atoms with van der Waals surface area (Å²) in [6.07, 6.45) is 6.82. The van der Waals surface area contributed by atoms with Gasteiger partial charge in [0.1, 0.15) is 12.1 Å². The van der Waals surface area contributed by atoms with Crippen molar-refractivity contribution in [3.05, 3.63) is 71.8 Å². The molecular weight excluding hydrogens is 406 g/mol. The molecule has 0 spiro atoms. The van der Waals surface area contributed by atoms with E-state index < -0.39 is 0 Å². The lowest BCUT2D eigenvalue weighted by molar-refractivity contribution is -0.165. The average Bonchev–Trinajstić information content (AvgIpc) is 3.42. The number of hydrogen-bond donors (Lipinski definition) is 0. The van der Waals surface area contributed by atoms with Crippen LogP contribution in [0.4, 0.5) is 0 Å². The molecule has 3 heteroatoms. The van der Waals surface area contributed by atoms with Crippen LogP contribution in [0.2, 0.25) is 0 Å². The maximum absolute atomic E-state index is 13.8. The molecule has 3 nitrogen and oxygen atoms in total. The van der Waals surface area contributed by atoms with Gasteiger partial charge in [-0.15, -0.1) is 0 Å². The van der Waals surface area contributed by atoms with Crippen molar-refractivity contribution in [3.8, 4) is 0 Å².